The van der Waals surface area contributed by atoms with Crippen molar-refractivity contribution in [2.45, 2.75) is 0 Å². The highest BCUT2D eigenvalue weighted by Crippen LogP contribution is 2.25. The summed E-state index contributed by atoms with van der Waals surface area (Å²) < 4.78 is 10.9. The number of carbonyl (C=O) groups excluding carboxylic acids is 2. The highest BCUT2D eigenvalue weighted by molar-refractivity contribution is 7.80. The largest absolute Gasteiger partial charge is 0.497 e. The normalized spacial score (nSPS) is 13.1. The van der Waals surface area contributed by atoms with Gasteiger partial charge in [-0.2, -0.15) is 0 Å². The maximum absolute atomic E-state index is 12.8. The van der Waals surface area contributed by atoms with Crippen LogP contribution in [0.2, 0.25) is 5.02 Å². The van der Waals surface area contributed by atoms with Gasteiger partial charge in [-0.15, -0.1) is 0 Å². The minimum atomic E-state index is -0.454. The van der Waals surface area contributed by atoms with Crippen LogP contribution in [0.15, 0.2) is 89.3 Å². The van der Waals surface area contributed by atoms with Crippen molar-refractivity contribution in [1.82, 2.24) is 10.2 Å². The van der Waals surface area contributed by atoms with Crippen molar-refractivity contribution in [3.8, 4) is 17.1 Å². The van der Waals surface area contributed by atoms with Crippen LogP contribution in [0.3, 0.4) is 0 Å². The number of methoxy groups -OCH3 is 1. The fourth-order valence-corrected chi connectivity index (χ4v) is 4.82. The van der Waals surface area contributed by atoms with Gasteiger partial charge in [0.2, 0.25) is 0 Å². The van der Waals surface area contributed by atoms with Gasteiger partial charge in [0.1, 0.15) is 11.5 Å². The first-order chi connectivity index (χ1) is 19.4. The summed E-state index contributed by atoms with van der Waals surface area (Å²) in [5, 5.41) is 6.41. The minimum absolute atomic E-state index is 0.0210. The zero-order chi connectivity index (χ0) is 28.1. The van der Waals surface area contributed by atoms with Gasteiger partial charge in [0.25, 0.3) is 11.8 Å². The third-order valence-corrected chi connectivity index (χ3v) is 7.00. The molecule has 1 aliphatic rings. The summed E-state index contributed by atoms with van der Waals surface area (Å²) in [6.07, 6.45) is 0. The molecule has 0 atom stereocenters. The van der Waals surface area contributed by atoms with E-state index in [1.54, 1.807) is 55.6 Å². The Bertz CT molecular complexity index is 1510. The van der Waals surface area contributed by atoms with E-state index in [9.17, 15) is 9.59 Å². The molecule has 0 radical (unpaired) electrons. The number of piperazine rings is 1. The van der Waals surface area contributed by atoms with E-state index < -0.39 is 5.91 Å². The van der Waals surface area contributed by atoms with Crippen LogP contribution < -0.4 is 20.3 Å². The van der Waals surface area contributed by atoms with Gasteiger partial charge in [-0.3, -0.25) is 14.9 Å². The van der Waals surface area contributed by atoms with Crippen molar-refractivity contribution in [2.24, 2.45) is 0 Å². The number of furan rings is 1. The predicted molar refractivity (Wildman–Crippen MR) is 160 cm³/mol. The van der Waals surface area contributed by atoms with Crippen LogP contribution in [-0.2, 0) is 0 Å². The molecule has 3 aromatic carbocycles. The van der Waals surface area contributed by atoms with Gasteiger partial charge in [0.05, 0.1) is 7.11 Å². The number of rotatable bonds is 6. The maximum Gasteiger partial charge on any atom is 0.293 e. The smallest absolute Gasteiger partial charge is 0.293 e. The molecule has 5 rings (SSSR count). The van der Waals surface area contributed by atoms with Crippen molar-refractivity contribution in [3.63, 3.8) is 0 Å². The second kappa shape index (κ2) is 12.2. The number of ether oxygens (including phenoxy) is 1. The summed E-state index contributed by atoms with van der Waals surface area (Å²) in [5.41, 5.74) is 3.21. The van der Waals surface area contributed by atoms with Crippen LogP contribution in [0, 0.1) is 0 Å². The highest BCUT2D eigenvalue weighted by Gasteiger charge is 2.22. The number of anilines is 2. The Morgan fingerprint density at radius 2 is 1.65 bits per heavy atom. The molecule has 1 aliphatic heterocycles. The van der Waals surface area contributed by atoms with Gasteiger partial charge >= 0.3 is 0 Å². The van der Waals surface area contributed by atoms with Gasteiger partial charge in [0, 0.05) is 53.7 Å². The molecule has 2 N–H and O–H groups in total. The fourth-order valence-electron chi connectivity index (χ4n) is 4.42. The third kappa shape index (κ3) is 6.44. The summed E-state index contributed by atoms with van der Waals surface area (Å²) in [5.74, 6) is 0.965. The van der Waals surface area contributed by atoms with E-state index in [0.717, 1.165) is 35.8 Å². The molecule has 2 amide bonds. The topological polar surface area (TPSA) is 87.0 Å². The van der Waals surface area contributed by atoms with Crippen molar-refractivity contribution in [2.75, 3.05) is 43.5 Å². The third-order valence-electron chi connectivity index (χ3n) is 6.56. The predicted octanol–water partition coefficient (Wildman–Crippen LogP) is 5.70. The lowest BCUT2D eigenvalue weighted by Gasteiger charge is -2.36. The number of benzene rings is 3. The van der Waals surface area contributed by atoms with Crippen molar-refractivity contribution in [1.29, 1.82) is 0 Å². The molecule has 8 nitrogen and oxygen atoms in total. The van der Waals surface area contributed by atoms with Gasteiger partial charge < -0.3 is 24.3 Å². The molecular weight excluding hydrogens is 548 g/mol. The second-order valence-electron chi connectivity index (χ2n) is 9.14. The lowest BCUT2D eigenvalue weighted by Crippen LogP contribution is -2.48. The summed E-state index contributed by atoms with van der Waals surface area (Å²) in [6.45, 7) is 2.71. The summed E-state index contributed by atoms with van der Waals surface area (Å²) in [6, 6.07) is 25.4. The Balaban J connectivity index is 1.11. The summed E-state index contributed by atoms with van der Waals surface area (Å²) >= 11 is 11.4. The molecule has 1 saturated heterocycles. The second-order valence-corrected chi connectivity index (χ2v) is 9.98. The van der Waals surface area contributed by atoms with E-state index in [-0.39, 0.29) is 16.8 Å². The van der Waals surface area contributed by atoms with E-state index in [1.165, 1.54) is 0 Å². The molecule has 10 heteroatoms. The van der Waals surface area contributed by atoms with Crippen LogP contribution in [0.25, 0.3) is 11.3 Å². The molecule has 40 heavy (non-hydrogen) atoms. The molecular formula is C30H27ClN4O4S. The maximum atomic E-state index is 12.8. The quantitative estimate of drug-likeness (QED) is 0.286. The number of nitrogens with one attached hydrogen (secondary N) is 2. The van der Waals surface area contributed by atoms with Gasteiger partial charge in [0.15, 0.2) is 10.9 Å². The molecule has 4 aromatic rings. The number of carbonyl (C=O) groups is 2. The molecule has 2 heterocycles. The molecule has 1 fully saturated rings. The fraction of sp³-hybridized carbons (Fsp3) is 0.167. The molecule has 204 valence electrons. The van der Waals surface area contributed by atoms with Crippen LogP contribution in [0.5, 0.6) is 5.75 Å². The van der Waals surface area contributed by atoms with Crippen LogP contribution >= 0.6 is 23.8 Å². The Hall–Kier alpha value is -4.34. The van der Waals surface area contributed by atoms with E-state index in [0.29, 0.717) is 29.4 Å². The minimum Gasteiger partial charge on any atom is -0.497 e. The number of thiocarbonyl (C=S) groups is 1. The number of nitrogens with zero attached hydrogens (tertiary/aromatic N) is 2. The molecule has 0 bridgehead atoms. The molecule has 0 saturated carbocycles. The summed E-state index contributed by atoms with van der Waals surface area (Å²) in [4.78, 5) is 29.6. The first-order valence-corrected chi connectivity index (χ1v) is 13.4. The average molecular weight is 575 g/mol. The Morgan fingerprint density at radius 3 is 2.33 bits per heavy atom. The van der Waals surface area contributed by atoms with Crippen LogP contribution in [0.1, 0.15) is 20.9 Å². The zero-order valence-electron chi connectivity index (χ0n) is 21.7. The first kappa shape index (κ1) is 27.2. The number of halogens is 1. The molecule has 0 unspecified atom stereocenters. The van der Waals surface area contributed by atoms with E-state index >= 15 is 0 Å². The monoisotopic (exact) mass is 574 g/mol. The summed E-state index contributed by atoms with van der Waals surface area (Å²) in [7, 11) is 1.60. The zero-order valence-corrected chi connectivity index (χ0v) is 23.3. The number of hydrogen-bond donors (Lipinski definition) is 2. The Labute approximate surface area is 242 Å². The van der Waals surface area contributed by atoms with E-state index in [2.05, 4.69) is 15.5 Å². The molecule has 1 aromatic heterocycles. The van der Waals surface area contributed by atoms with Gasteiger partial charge in [-0.05, 0) is 85.0 Å². The molecule has 0 spiro atoms. The average Bonchev–Trinajstić information content (AvgIpc) is 3.48. The highest BCUT2D eigenvalue weighted by atomic mass is 35.5. The van der Waals surface area contributed by atoms with Gasteiger partial charge in [-0.1, -0.05) is 23.7 Å². The van der Waals surface area contributed by atoms with E-state index in [1.807, 2.05) is 41.3 Å². The lowest BCUT2D eigenvalue weighted by molar-refractivity contribution is 0.0746. The van der Waals surface area contributed by atoms with Crippen LogP contribution in [0.4, 0.5) is 11.4 Å². The first-order valence-electron chi connectivity index (χ1n) is 12.7. The van der Waals surface area contributed by atoms with E-state index in [4.69, 9.17) is 33.0 Å². The Kier molecular flexibility index (Phi) is 8.33. The van der Waals surface area contributed by atoms with Crippen molar-refractivity contribution < 1.29 is 18.7 Å². The molecule has 0 aliphatic carbocycles. The number of hydrogen-bond acceptors (Lipinski definition) is 6. The van der Waals surface area contributed by atoms with Crippen molar-refractivity contribution in [3.05, 3.63) is 101 Å². The Morgan fingerprint density at radius 1 is 0.925 bits per heavy atom. The standard InChI is InChI=1S/C30H27ClN4O4S/c1-38-25-11-5-20(6-12-25)29(37)35-17-15-34(16-18-35)24-9-7-23(8-10-24)32-30(40)33-28(36)27-14-13-26(39-27)21-3-2-4-22(31)19-21/h2-14,19H,15-18H2,1H3,(H2,32,33,36,40). The number of amides is 2. The van der Waals surface area contributed by atoms with Crippen molar-refractivity contribution >= 4 is 52.1 Å². The van der Waals surface area contributed by atoms with Gasteiger partial charge in [-0.25, -0.2) is 0 Å². The lowest BCUT2D eigenvalue weighted by atomic mass is 10.1. The SMILES string of the molecule is COc1ccc(C(=O)N2CCN(c3ccc(NC(=S)NC(=O)c4ccc(-c5cccc(Cl)c5)o4)cc3)CC2)cc1. The van der Waals surface area contributed by atoms with Crippen LogP contribution in [-0.4, -0.2) is 55.1 Å².